The predicted molar refractivity (Wildman–Crippen MR) is 93.7 cm³/mol. The first-order valence-electron chi connectivity index (χ1n) is 8.11. The topological polar surface area (TPSA) is 84.4 Å². The lowest BCUT2D eigenvalue weighted by molar-refractivity contribution is 0.0494. The monoisotopic (exact) mass is 340 g/mol. The van der Waals surface area contributed by atoms with E-state index in [0.717, 1.165) is 6.42 Å². The van der Waals surface area contributed by atoms with E-state index in [1.54, 1.807) is 49.7 Å². The molecule has 0 aliphatic carbocycles. The lowest BCUT2D eigenvalue weighted by Crippen LogP contribution is -2.12. The maximum Gasteiger partial charge on any atom is 0.355 e. The number of H-pyrrole nitrogens is 1. The summed E-state index contributed by atoms with van der Waals surface area (Å²) >= 11 is 0. The molecule has 130 valence electrons. The SMILES string of the molecule is CCCOC(=O)c1[nH]c2ccc(OC)cc2c1[C@H](O)c1ccccn1. The van der Waals surface area contributed by atoms with Gasteiger partial charge in [-0.1, -0.05) is 13.0 Å². The summed E-state index contributed by atoms with van der Waals surface area (Å²) in [5, 5.41) is 11.6. The highest BCUT2D eigenvalue weighted by Gasteiger charge is 2.26. The average molecular weight is 340 g/mol. The van der Waals surface area contributed by atoms with Crippen molar-refractivity contribution in [1.82, 2.24) is 9.97 Å². The van der Waals surface area contributed by atoms with Crippen molar-refractivity contribution in [3.05, 3.63) is 59.5 Å². The molecule has 3 aromatic rings. The van der Waals surface area contributed by atoms with Crippen LogP contribution in [0.4, 0.5) is 0 Å². The summed E-state index contributed by atoms with van der Waals surface area (Å²) in [5.74, 6) is 0.136. The number of nitrogens with zero attached hydrogens (tertiary/aromatic N) is 1. The molecule has 1 aromatic carbocycles. The Balaban J connectivity index is 2.16. The summed E-state index contributed by atoms with van der Waals surface area (Å²) in [6.45, 7) is 2.24. The van der Waals surface area contributed by atoms with Gasteiger partial charge in [0.1, 0.15) is 17.5 Å². The molecule has 2 N–H and O–H groups in total. The minimum atomic E-state index is -1.06. The number of carbonyl (C=O) groups excluding carboxylic acids is 1. The van der Waals surface area contributed by atoms with Crippen molar-refractivity contribution in [3.63, 3.8) is 0 Å². The third kappa shape index (κ3) is 3.34. The number of methoxy groups -OCH3 is 1. The maximum absolute atomic E-state index is 12.5. The second kappa shape index (κ2) is 7.36. The predicted octanol–water partition coefficient (Wildman–Crippen LogP) is 3.22. The summed E-state index contributed by atoms with van der Waals surface area (Å²) in [5.41, 5.74) is 1.84. The molecule has 0 fully saturated rings. The second-order valence-electron chi connectivity index (χ2n) is 5.62. The van der Waals surface area contributed by atoms with E-state index in [-0.39, 0.29) is 5.69 Å². The number of ether oxygens (including phenoxy) is 2. The summed E-state index contributed by atoms with van der Waals surface area (Å²) in [6.07, 6.45) is 1.26. The number of aromatic nitrogens is 2. The van der Waals surface area contributed by atoms with Crippen LogP contribution in [0.5, 0.6) is 5.75 Å². The van der Waals surface area contributed by atoms with Crippen molar-refractivity contribution < 1.29 is 19.4 Å². The number of aliphatic hydroxyl groups excluding tert-OH is 1. The molecule has 25 heavy (non-hydrogen) atoms. The van der Waals surface area contributed by atoms with Crippen LogP contribution < -0.4 is 4.74 Å². The normalized spacial score (nSPS) is 12.1. The van der Waals surface area contributed by atoms with Crippen molar-refractivity contribution in [1.29, 1.82) is 0 Å². The number of fused-ring (bicyclic) bond motifs is 1. The quantitative estimate of drug-likeness (QED) is 0.673. The molecular weight excluding hydrogens is 320 g/mol. The molecule has 0 spiro atoms. The smallest absolute Gasteiger partial charge is 0.355 e. The van der Waals surface area contributed by atoms with Gasteiger partial charge in [-0.25, -0.2) is 4.79 Å². The van der Waals surface area contributed by atoms with Crippen LogP contribution in [0.3, 0.4) is 0 Å². The molecule has 1 atom stereocenters. The van der Waals surface area contributed by atoms with E-state index >= 15 is 0 Å². The maximum atomic E-state index is 12.5. The Labute approximate surface area is 145 Å². The average Bonchev–Trinajstić information content (AvgIpc) is 3.04. The van der Waals surface area contributed by atoms with E-state index in [4.69, 9.17) is 9.47 Å². The molecule has 0 radical (unpaired) electrons. The Morgan fingerprint density at radius 1 is 1.32 bits per heavy atom. The fraction of sp³-hybridized carbons (Fsp3) is 0.263. The second-order valence-corrected chi connectivity index (χ2v) is 5.62. The molecule has 3 rings (SSSR count). The van der Waals surface area contributed by atoms with Crippen molar-refractivity contribution in [3.8, 4) is 5.75 Å². The van der Waals surface area contributed by atoms with E-state index in [9.17, 15) is 9.90 Å². The van der Waals surface area contributed by atoms with Crippen molar-refractivity contribution >= 4 is 16.9 Å². The van der Waals surface area contributed by atoms with E-state index in [1.165, 1.54) is 0 Å². The minimum absolute atomic E-state index is 0.231. The van der Waals surface area contributed by atoms with Gasteiger partial charge in [0.25, 0.3) is 0 Å². The van der Waals surface area contributed by atoms with Crippen LogP contribution >= 0.6 is 0 Å². The molecule has 6 heteroatoms. The van der Waals surface area contributed by atoms with Crippen LogP contribution in [0.2, 0.25) is 0 Å². The van der Waals surface area contributed by atoms with Crippen LogP contribution in [-0.2, 0) is 4.74 Å². The number of esters is 1. The molecule has 2 heterocycles. The highest BCUT2D eigenvalue weighted by Crippen LogP contribution is 2.34. The highest BCUT2D eigenvalue weighted by molar-refractivity contribution is 5.99. The Morgan fingerprint density at radius 2 is 2.16 bits per heavy atom. The summed E-state index contributed by atoms with van der Waals surface area (Å²) in [4.78, 5) is 19.7. The third-order valence-corrected chi connectivity index (χ3v) is 3.93. The summed E-state index contributed by atoms with van der Waals surface area (Å²) in [7, 11) is 1.57. The largest absolute Gasteiger partial charge is 0.497 e. The molecule has 0 aliphatic heterocycles. The molecule has 0 aliphatic rings. The molecule has 2 aromatic heterocycles. The molecule has 6 nitrogen and oxygen atoms in total. The number of hydrogen-bond donors (Lipinski definition) is 2. The van der Waals surface area contributed by atoms with E-state index in [2.05, 4.69) is 9.97 Å². The number of carbonyl (C=O) groups is 1. The van der Waals surface area contributed by atoms with Crippen molar-refractivity contribution in [2.75, 3.05) is 13.7 Å². The van der Waals surface area contributed by atoms with E-state index < -0.39 is 12.1 Å². The number of rotatable bonds is 6. The van der Waals surface area contributed by atoms with Gasteiger partial charge < -0.3 is 19.6 Å². The first-order chi connectivity index (χ1) is 12.2. The van der Waals surface area contributed by atoms with Crippen LogP contribution in [-0.4, -0.2) is 34.8 Å². The Morgan fingerprint density at radius 3 is 2.84 bits per heavy atom. The summed E-state index contributed by atoms with van der Waals surface area (Å²) < 4.78 is 10.5. The zero-order chi connectivity index (χ0) is 17.8. The third-order valence-electron chi connectivity index (χ3n) is 3.93. The number of pyridine rings is 1. The summed E-state index contributed by atoms with van der Waals surface area (Å²) in [6, 6.07) is 10.6. The number of nitrogens with one attached hydrogen (secondary N) is 1. The lowest BCUT2D eigenvalue weighted by atomic mass is 10.0. The van der Waals surface area contributed by atoms with Crippen LogP contribution in [0.15, 0.2) is 42.6 Å². The van der Waals surface area contributed by atoms with Crippen LogP contribution in [0.25, 0.3) is 10.9 Å². The Hall–Kier alpha value is -2.86. The molecule has 0 saturated carbocycles. The first-order valence-corrected chi connectivity index (χ1v) is 8.11. The van der Waals surface area contributed by atoms with Gasteiger partial charge in [0.15, 0.2) is 0 Å². The van der Waals surface area contributed by atoms with Gasteiger partial charge >= 0.3 is 5.97 Å². The van der Waals surface area contributed by atoms with Gasteiger partial charge in [-0.3, -0.25) is 4.98 Å². The number of aromatic amines is 1. The zero-order valence-electron chi connectivity index (χ0n) is 14.2. The van der Waals surface area contributed by atoms with E-state index in [0.29, 0.717) is 34.5 Å². The van der Waals surface area contributed by atoms with Crippen LogP contribution in [0, 0.1) is 0 Å². The molecule has 0 amide bonds. The molecule has 0 saturated heterocycles. The van der Waals surface area contributed by atoms with Crippen molar-refractivity contribution in [2.24, 2.45) is 0 Å². The van der Waals surface area contributed by atoms with Gasteiger partial charge in [-0.15, -0.1) is 0 Å². The molecular formula is C19H20N2O4. The van der Waals surface area contributed by atoms with Crippen LogP contribution in [0.1, 0.15) is 41.2 Å². The van der Waals surface area contributed by atoms with Crippen molar-refractivity contribution in [2.45, 2.75) is 19.4 Å². The van der Waals surface area contributed by atoms with Gasteiger partial charge in [0, 0.05) is 22.7 Å². The number of hydrogen-bond acceptors (Lipinski definition) is 5. The number of benzene rings is 1. The van der Waals surface area contributed by atoms with Gasteiger partial charge in [0.2, 0.25) is 0 Å². The molecule has 0 bridgehead atoms. The number of aliphatic hydroxyl groups is 1. The fourth-order valence-electron chi connectivity index (χ4n) is 2.72. The lowest BCUT2D eigenvalue weighted by Gasteiger charge is -2.12. The minimum Gasteiger partial charge on any atom is -0.497 e. The highest BCUT2D eigenvalue weighted by atomic mass is 16.5. The zero-order valence-corrected chi connectivity index (χ0v) is 14.2. The molecule has 0 unspecified atom stereocenters. The fourth-order valence-corrected chi connectivity index (χ4v) is 2.72. The first kappa shape index (κ1) is 17.0. The van der Waals surface area contributed by atoms with Gasteiger partial charge in [-0.05, 0) is 36.8 Å². The Kier molecular flexibility index (Phi) is 5.00. The standard InChI is InChI=1S/C19H20N2O4/c1-3-10-25-19(23)17-16(18(22)15-6-4-5-9-20-15)13-11-12(24-2)7-8-14(13)21-17/h4-9,11,18,21-22H,3,10H2,1-2H3/t18-/m1/s1. The van der Waals surface area contributed by atoms with Gasteiger partial charge in [-0.2, -0.15) is 0 Å². The Bertz CT molecular complexity index is 874. The van der Waals surface area contributed by atoms with Gasteiger partial charge in [0.05, 0.1) is 19.4 Å². The van der Waals surface area contributed by atoms with E-state index in [1.807, 2.05) is 6.92 Å².